The second-order valence-corrected chi connectivity index (χ2v) is 5.95. The van der Waals surface area contributed by atoms with Crippen LogP contribution in [0.3, 0.4) is 0 Å². The Bertz CT molecular complexity index is 473. The standard InChI is InChI=1S/C11H16FN5OS/c1-16-11(18)17(6-13-16)10-15-14-9(19-10)7-2-4-8(12)5-3-7/h7-8,13H,2-6H2,1H3. The molecule has 2 heterocycles. The van der Waals surface area contributed by atoms with Crippen molar-refractivity contribution in [3.05, 3.63) is 5.01 Å². The summed E-state index contributed by atoms with van der Waals surface area (Å²) in [4.78, 5) is 13.4. The van der Waals surface area contributed by atoms with E-state index in [-0.39, 0.29) is 6.03 Å². The van der Waals surface area contributed by atoms with Crippen LogP contribution in [0, 0.1) is 0 Å². The minimum Gasteiger partial charge on any atom is -0.261 e. The first-order valence-electron chi connectivity index (χ1n) is 6.41. The van der Waals surface area contributed by atoms with Gasteiger partial charge in [0.15, 0.2) is 0 Å². The van der Waals surface area contributed by atoms with Crippen molar-refractivity contribution in [2.75, 3.05) is 18.6 Å². The summed E-state index contributed by atoms with van der Waals surface area (Å²) in [6.07, 6.45) is 2.18. The fourth-order valence-electron chi connectivity index (χ4n) is 2.44. The molecule has 1 aromatic rings. The van der Waals surface area contributed by atoms with Crippen LogP contribution in [0.25, 0.3) is 0 Å². The van der Waals surface area contributed by atoms with E-state index in [9.17, 15) is 9.18 Å². The number of carbonyl (C=O) groups is 1. The minimum atomic E-state index is -0.665. The molecule has 1 saturated carbocycles. The zero-order valence-corrected chi connectivity index (χ0v) is 11.5. The minimum absolute atomic E-state index is 0.129. The quantitative estimate of drug-likeness (QED) is 0.901. The largest absolute Gasteiger partial charge is 0.341 e. The maximum Gasteiger partial charge on any atom is 0.341 e. The Morgan fingerprint density at radius 3 is 2.68 bits per heavy atom. The number of nitrogens with zero attached hydrogens (tertiary/aromatic N) is 4. The van der Waals surface area contributed by atoms with Gasteiger partial charge in [-0.2, -0.15) is 0 Å². The van der Waals surface area contributed by atoms with Crippen molar-refractivity contribution >= 4 is 22.5 Å². The van der Waals surface area contributed by atoms with Crippen LogP contribution in [-0.2, 0) is 0 Å². The van der Waals surface area contributed by atoms with E-state index in [1.807, 2.05) is 0 Å². The number of hydrogen-bond donors (Lipinski definition) is 1. The van der Waals surface area contributed by atoms with E-state index in [0.29, 0.717) is 30.6 Å². The average molecular weight is 285 g/mol. The highest BCUT2D eigenvalue weighted by Gasteiger charge is 2.31. The summed E-state index contributed by atoms with van der Waals surface area (Å²) in [5, 5.41) is 11.2. The molecule has 1 saturated heterocycles. The first kappa shape index (κ1) is 12.7. The van der Waals surface area contributed by atoms with Crippen molar-refractivity contribution in [1.82, 2.24) is 20.6 Å². The number of alkyl halides is 1. The van der Waals surface area contributed by atoms with Gasteiger partial charge in [0.05, 0.1) is 6.67 Å². The van der Waals surface area contributed by atoms with Crippen LogP contribution in [0.2, 0.25) is 0 Å². The molecule has 2 amide bonds. The van der Waals surface area contributed by atoms with Gasteiger partial charge in [0, 0.05) is 13.0 Å². The zero-order chi connectivity index (χ0) is 13.4. The first-order chi connectivity index (χ1) is 9.15. The number of amides is 2. The Labute approximate surface area is 114 Å². The van der Waals surface area contributed by atoms with Crippen LogP contribution >= 0.6 is 11.3 Å². The summed E-state index contributed by atoms with van der Waals surface area (Å²) in [7, 11) is 1.67. The maximum atomic E-state index is 13.1. The van der Waals surface area contributed by atoms with Crippen LogP contribution in [0.15, 0.2) is 0 Å². The Balaban J connectivity index is 1.71. The van der Waals surface area contributed by atoms with E-state index >= 15 is 0 Å². The second kappa shape index (κ2) is 5.01. The number of carbonyl (C=O) groups excluding carboxylic acids is 1. The Morgan fingerprint density at radius 2 is 2.05 bits per heavy atom. The predicted molar refractivity (Wildman–Crippen MR) is 69.7 cm³/mol. The van der Waals surface area contributed by atoms with Crippen molar-refractivity contribution in [2.24, 2.45) is 0 Å². The van der Waals surface area contributed by atoms with E-state index < -0.39 is 6.17 Å². The molecule has 3 rings (SSSR count). The summed E-state index contributed by atoms with van der Waals surface area (Å²) in [5.41, 5.74) is 2.91. The van der Waals surface area contributed by atoms with E-state index in [1.165, 1.54) is 16.3 Å². The van der Waals surface area contributed by atoms with Gasteiger partial charge in [-0.25, -0.2) is 14.6 Å². The third kappa shape index (κ3) is 2.42. The third-order valence-corrected chi connectivity index (χ3v) is 4.76. The van der Waals surface area contributed by atoms with Gasteiger partial charge in [0.1, 0.15) is 11.2 Å². The lowest BCUT2D eigenvalue weighted by molar-refractivity contribution is 0.217. The second-order valence-electron chi connectivity index (χ2n) is 4.96. The predicted octanol–water partition coefficient (Wildman–Crippen LogP) is 1.87. The molecule has 0 unspecified atom stereocenters. The van der Waals surface area contributed by atoms with Crippen LogP contribution < -0.4 is 10.3 Å². The molecule has 104 valence electrons. The van der Waals surface area contributed by atoms with Crippen molar-refractivity contribution in [3.8, 4) is 0 Å². The van der Waals surface area contributed by atoms with Crippen LogP contribution in [0.4, 0.5) is 14.3 Å². The van der Waals surface area contributed by atoms with Gasteiger partial charge in [-0.1, -0.05) is 11.3 Å². The lowest BCUT2D eigenvalue weighted by atomic mass is 9.89. The number of urea groups is 1. The van der Waals surface area contributed by atoms with Crippen molar-refractivity contribution < 1.29 is 9.18 Å². The molecule has 6 nitrogen and oxygen atoms in total. The molecule has 0 radical (unpaired) electrons. The van der Waals surface area contributed by atoms with E-state index in [0.717, 1.165) is 17.8 Å². The molecular formula is C11H16FN5OS. The average Bonchev–Trinajstić information content (AvgIpc) is 2.99. The molecule has 0 spiro atoms. The molecule has 8 heteroatoms. The molecule has 1 aliphatic heterocycles. The smallest absolute Gasteiger partial charge is 0.261 e. The number of aromatic nitrogens is 2. The van der Waals surface area contributed by atoms with Gasteiger partial charge in [0.25, 0.3) is 0 Å². The van der Waals surface area contributed by atoms with Crippen molar-refractivity contribution in [1.29, 1.82) is 0 Å². The molecule has 1 aliphatic carbocycles. The highest BCUT2D eigenvalue weighted by molar-refractivity contribution is 7.15. The Kier molecular flexibility index (Phi) is 3.36. The summed E-state index contributed by atoms with van der Waals surface area (Å²) in [6, 6.07) is -0.129. The van der Waals surface area contributed by atoms with Gasteiger partial charge >= 0.3 is 6.03 Å². The number of rotatable bonds is 2. The van der Waals surface area contributed by atoms with Gasteiger partial charge in [-0.3, -0.25) is 9.91 Å². The topological polar surface area (TPSA) is 61.4 Å². The van der Waals surface area contributed by atoms with Gasteiger partial charge in [0.2, 0.25) is 5.13 Å². The number of hydrogen-bond acceptors (Lipinski definition) is 5. The Morgan fingerprint density at radius 1 is 1.32 bits per heavy atom. The number of anilines is 1. The van der Waals surface area contributed by atoms with Crippen molar-refractivity contribution in [3.63, 3.8) is 0 Å². The number of halogens is 1. The molecular weight excluding hydrogens is 269 g/mol. The normalized spacial score (nSPS) is 28.2. The third-order valence-electron chi connectivity index (χ3n) is 3.65. The fourth-order valence-corrected chi connectivity index (χ4v) is 3.45. The van der Waals surface area contributed by atoms with Crippen molar-refractivity contribution in [2.45, 2.75) is 37.8 Å². The van der Waals surface area contributed by atoms with Crippen LogP contribution in [0.1, 0.15) is 36.6 Å². The first-order valence-corrected chi connectivity index (χ1v) is 7.23. The molecule has 2 aliphatic rings. The number of hydrazine groups is 1. The Hall–Kier alpha value is -1.28. The van der Waals surface area contributed by atoms with Gasteiger partial charge in [-0.05, 0) is 25.7 Å². The highest BCUT2D eigenvalue weighted by atomic mass is 32.1. The molecule has 1 N–H and O–H groups in total. The van der Waals surface area contributed by atoms with Gasteiger partial charge < -0.3 is 0 Å². The fraction of sp³-hybridized carbons (Fsp3) is 0.727. The molecule has 1 aromatic heterocycles. The molecule has 0 bridgehead atoms. The highest BCUT2D eigenvalue weighted by Crippen LogP contribution is 2.37. The lowest BCUT2D eigenvalue weighted by Crippen LogP contribution is -2.31. The summed E-state index contributed by atoms with van der Waals surface area (Å²) in [5.74, 6) is 0.293. The number of nitrogens with one attached hydrogen (secondary N) is 1. The van der Waals surface area contributed by atoms with Crippen LogP contribution in [-0.4, -0.2) is 41.1 Å². The summed E-state index contributed by atoms with van der Waals surface area (Å²) >= 11 is 1.44. The van der Waals surface area contributed by atoms with Crippen LogP contribution in [0.5, 0.6) is 0 Å². The molecule has 19 heavy (non-hydrogen) atoms. The molecule has 0 atom stereocenters. The van der Waals surface area contributed by atoms with E-state index in [4.69, 9.17) is 0 Å². The molecule has 2 fully saturated rings. The maximum absolute atomic E-state index is 13.1. The van der Waals surface area contributed by atoms with E-state index in [2.05, 4.69) is 15.6 Å². The van der Waals surface area contributed by atoms with E-state index in [1.54, 1.807) is 11.9 Å². The SMILES string of the molecule is CN1NCN(c2nnc(C3CCC(F)CC3)s2)C1=O. The summed E-state index contributed by atoms with van der Waals surface area (Å²) in [6.45, 7) is 0.418. The van der Waals surface area contributed by atoms with Gasteiger partial charge in [-0.15, -0.1) is 10.2 Å². The zero-order valence-electron chi connectivity index (χ0n) is 10.7. The monoisotopic (exact) mass is 285 g/mol. The lowest BCUT2D eigenvalue weighted by Gasteiger charge is -2.21. The molecule has 0 aromatic carbocycles. The summed E-state index contributed by atoms with van der Waals surface area (Å²) < 4.78 is 13.1.